The van der Waals surface area contributed by atoms with Crippen molar-refractivity contribution in [3.63, 3.8) is 0 Å². The number of methoxy groups -OCH3 is 1. The number of hydrogen-bond acceptors (Lipinski definition) is 6. The number of aromatic nitrogens is 2. The minimum Gasteiger partial charge on any atom is -0.493 e. The Bertz CT molecular complexity index is 987. The third kappa shape index (κ3) is 4.32. The summed E-state index contributed by atoms with van der Waals surface area (Å²) in [6, 6.07) is 5.53. The molecule has 1 atom stereocenters. The lowest BCUT2D eigenvalue weighted by atomic mass is 9.86. The summed E-state index contributed by atoms with van der Waals surface area (Å²) in [5, 5.41) is 3.38. The average Bonchev–Trinajstić information content (AvgIpc) is 2.72. The summed E-state index contributed by atoms with van der Waals surface area (Å²) in [5.41, 5.74) is 0.964. The molecule has 29 heavy (non-hydrogen) atoms. The van der Waals surface area contributed by atoms with Gasteiger partial charge in [-0.1, -0.05) is 30.8 Å². The van der Waals surface area contributed by atoms with E-state index in [9.17, 15) is 9.59 Å². The molecule has 0 fully saturated rings. The predicted molar refractivity (Wildman–Crippen MR) is 114 cm³/mol. The molecule has 154 valence electrons. The fraction of sp³-hybridized carbons (Fsp3) is 0.381. The molecule has 2 heterocycles. The van der Waals surface area contributed by atoms with Gasteiger partial charge in [0.05, 0.1) is 19.3 Å². The first-order chi connectivity index (χ1) is 14.0. The van der Waals surface area contributed by atoms with Crippen LogP contribution in [-0.2, 0) is 11.8 Å². The number of carbonyl (C=O) groups excluding carboxylic acids is 1. The molecule has 0 radical (unpaired) electrons. The van der Waals surface area contributed by atoms with Crippen LogP contribution in [0.15, 0.2) is 40.8 Å². The minimum absolute atomic E-state index is 0.145. The highest BCUT2D eigenvalue weighted by Gasteiger charge is 2.32. The molecule has 2 aromatic rings. The van der Waals surface area contributed by atoms with Crippen molar-refractivity contribution < 1.29 is 14.3 Å². The Labute approximate surface area is 174 Å². The van der Waals surface area contributed by atoms with Crippen LogP contribution in [0.5, 0.6) is 11.5 Å². The Morgan fingerprint density at radius 2 is 2.17 bits per heavy atom. The van der Waals surface area contributed by atoms with E-state index < -0.39 is 5.92 Å². The SMILES string of the molecule is C=CCSc1nc(=O)c2c(n1C)NC(=O)C[C@@H]2c1ccc(OCCC)c(OC)c1. The summed E-state index contributed by atoms with van der Waals surface area (Å²) in [6.07, 6.45) is 2.79. The van der Waals surface area contributed by atoms with E-state index in [1.54, 1.807) is 24.8 Å². The summed E-state index contributed by atoms with van der Waals surface area (Å²) in [6.45, 7) is 6.31. The van der Waals surface area contributed by atoms with E-state index in [1.807, 2.05) is 25.1 Å². The van der Waals surface area contributed by atoms with E-state index in [2.05, 4.69) is 16.9 Å². The summed E-state index contributed by atoms with van der Waals surface area (Å²) in [4.78, 5) is 29.6. The molecule has 3 rings (SSSR count). The zero-order valence-electron chi connectivity index (χ0n) is 16.9. The number of anilines is 1. The molecule has 0 spiro atoms. The van der Waals surface area contributed by atoms with Crippen molar-refractivity contribution in [1.82, 2.24) is 9.55 Å². The maximum atomic E-state index is 12.9. The summed E-state index contributed by atoms with van der Waals surface area (Å²) >= 11 is 1.39. The number of carbonyl (C=O) groups is 1. The van der Waals surface area contributed by atoms with Gasteiger partial charge in [-0.25, -0.2) is 0 Å². The van der Waals surface area contributed by atoms with Gasteiger partial charge in [0.2, 0.25) is 5.91 Å². The van der Waals surface area contributed by atoms with Crippen LogP contribution >= 0.6 is 11.8 Å². The number of nitrogens with one attached hydrogen (secondary N) is 1. The van der Waals surface area contributed by atoms with Crippen LogP contribution in [0, 0.1) is 0 Å². The Hall–Kier alpha value is -2.74. The van der Waals surface area contributed by atoms with Crippen molar-refractivity contribution in [2.45, 2.75) is 30.8 Å². The second-order valence-corrected chi connectivity index (χ2v) is 7.67. The standard InChI is InChI=1S/C21H25N3O4S/c1-5-9-28-15-8-7-13(11-16(15)27-4)14-12-17(25)22-19-18(14)20(26)23-21(24(19)3)29-10-6-2/h6-8,11,14H,2,5,9-10,12H2,1,3-4H3,(H,22,25)/t14-/m1/s1. The number of amides is 1. The number of rotatable bonds is 8. The third-order valence-corrected chi connectivity index (χ3v) is 5.71. The first-order valence-electron chi connectivity index (χ1n) is 9.45. The van der Waals surface area contributed by atoms with Crippen molar-refractivity contribution in [2.24, 2.45) is 7.05 Å². The van der Waals surface area contributed by atoms with Crippen molar-refractivity contribution in [3.05, 3.63) is 52.3 Å². The second kappa shape index (κ2) is 9.17. The van der Waals surface area contributed by atoms with Gasteiger partial charge in [0, 0.05) is 25.1 Å². The highest BCUT2D eigenvalue weighted by atomic mass is 32.2. The molecule has 8 heteroatoms. The Morgan fingerprint density at radius 1 is 1.38 bits per heavy atom. The van der Waals surface area contributed by atoms with Crippen LogP contribution in [-0.4, -0.2) is 34.9 Å². The lowest BCUT2D eigenvalue weighted by molar-refractivity contribution is -0.116. The first kappa shape index (κ1) is 21.0. The van der Waals surface area contributed by atoms with E-state index in [4.69, 9.17) is 9.47 Å². The predicted octanol–water partition coefficient (Wildman–Crippen LogP) is 3.33. The quantitative estimate of drug-likeness (QED) is 0.405. The molecule has 1 N–H and O–H groups in total. The maximum Gasteiger partial charge on any atom is 0.279 e. The Morgan fingerprint density at radius 3 is 2.86 bits per heavy atom. The highest BCUT2D eigenvalue weighted by Crippen LogP contribution is 2.39. The zero-order valence-corrected chi connectivity index (χ0v) is 17.7. The molecule has 0 bridgehead atoms. The Kier molecular flexibility index (Phi) is 6.64. The topological polar surface area (TPSA) is 82.5 Å². The van der Waals surface area contributed by atoms with E-state index in [0.717, 1.165) is 12.0 Å². The van der Waals surface area contributed by atoms with Gasteiger partial charge in [-0.15, -0.1) is 6.58 Å². The molecule has 1 amide bonds. The lowest BCUT2D eigenvalue weighted by Gasteiger charge is -2.27. The fourth-order valence-electron chi connectivity index (χ4n) is 3.31. The first-order valence-corrected chi connectivity index (χ1v) is 10.4. The van der Waals surface area contributed by atoms with Gasteiger partial charge in [-0.05, 0) is 24.1 Å². The number of benzene rings is 1. The van der Waals surface area contributed by atoms with Gasteiger partial charge in [-0.2, -0.15) is 4.98 Å². The van der Waals surface area contributed by atoms with Gasteiger partial charge < -0.3 is 19.4 Å². The van der Waals surface area contributed by atoms with Crippen LogP contribution in [0.3, 0.4) is 0 Å². The molecule has 1 aromatic heterocycles. The molecule has 0 unspecified atom stereocenters. The molecule has 0 aliphatic carbocycles. The summed E-state index contributed by atoms with van der Waals surface area (Å²) in [7, 11) is 3.37. The third-order valence-electron chi connectivity index (χ3n) is 4.68. The smallest absolute Gasteiger partial charge is 0.279 e. The molecule has 0 saturated heterocycles. The number of thioether (sulfide) groups is 1. The summed E-state index contributed by atoms with van der Waals surface area (Å²) in [5.74, 6) is 1.77. The maximum absolute atomic E-state index is 12.9. The van der Waals surface area contributed by atoms with Crippen LogP contribution < -0.4 is 20.3 Å². The molecule has 1 aliphatic rings. The van der Waals surface area contributed by atoms with E-state index in [1.165, 1.54) is 11.8 Å². The normalized spacial score (nSPS) is 15.4. The number of ether oxygens (including phenoxy) is 2. The van der Waals surface area contributed by atoms with Gasteiger partial charge in [0.25, 0.3) is 5.56 Å². The van der Waals surface area contributed by atoms with Crippen LogP contribution in [0.2, 0.25) is 0 Å². The zero-order chi connectivity index (χ0) is 21.0. The van der Waals surface area contributed by atoms with Gasteiger partial charge >= 0.3 is 0 Å². The van der Waals surface area contributed by atoms with Crippen LogP contribution in [0.4, 0.5) is 5.82 Å². The minimum atomic E-state index is -0.405. The molecule has 1 aromatic carbocycles. The average molecular weight is 416 g/mol. The van der Waals surface area contributed by atoms with Crippen molar-refractivity contribution in [1.29, 1.82) is 0 Å². The van der Waals surface area contributed by atoms with Gasteiger partial charge in [-0.3, -0.25) is 9.59 Å². The molecular formula is C21H25N3O4S. The van der Waals surface area contributed by atoms with E-state index >= 15 is 0 Å². The second-order valence-electron chi connectivity index (χ2n) is 6.68. The molecule has 0 saturated carbocycles. The Balaban J connectivity index is 2.07. The van der Waals surface area contributed by atoms with Crippen molar-refractivity contribution in [3.8, 4) is 11.5 Å². The van der Waals surface area contributed by atoms with Crippen LogP contribution in [0.1, 0.15) is 36.8 Å². The fourth-order valence-corrected chi connectivity index (χ4v) is 4.01. The molecular weight excluding hydrogens is 390 g/mol. The van der Waals surface area contributed by atoms with Crippen LogP contribution in [0.25, 0.3) is 0 Å². The van der Waals surface area contributed by atoms with E-state index in [-0.39, 0.29) is 17.9 Å². The molecule has 7 nitrogen and oxygen atoms in total. The van der Waals surface area contributed by atoms with Gasteiger partial charge in [0.1, 0.15) is 5.82 Å². The van der Waals surface area contributed by atoms with E-state index in [0.29, 0.717) is 40.4 Å². The monoisotopic (exact) mass is 415 g/mol. The number of hydrogen-bond donors (Lipinski definition) is 1. The highest BCUT2D eigenvalue weighted by molar-refractivity contribution is 7.99. The van der Waals surface area contributed by atoms with Crippen molar-refractivity contribution in [2.75, 3.05) is 24.8 Å². The summed E-state index contributed by atoms with van der Waals surface area (Å²) < 4.78 is 12.9. The van der Waals surface area contributed by atoms with Gasteiger partial charge in [0.15, 0.2) is 16.7 Å². The number of nitrogens with zero attached hydrogens (tertiary/aromatic N) is 2. The molecule has 1 aliphatic heterocycles. The largest absolute Gasteiger partial charge is 0.493 e. The van der Waals surface area contributed by atoms with Crippen molar-refractivity contribution >= 4 is 23.5 Å². The lowest BCUT2D eigenvalue weighted by Crippen LogP contribution is -2.33. The number of fused-ring (bicyclic) bond motifs is 1.